The molecule has 4 heterocycles. The lowest BCUT2D eigenvalue weighted by Crippen LogP contribution is -2.49. The van der Waals surface area contributed by atoms with Crippen LogP contribution in [0.4, 0.5) is 5.69 Å². The van der Waals surface area contributed by atoms with E-state index in [2.05, 4.69) is 47.3 Å². The minimum absolute atomic E-state index is 0.0656. The van der Waals surface area contributed by atoms with Gasteiger partial charge in [-0.3, -0.25) is 30.0 Å². The number of aromatic nitrogens is 1. The van der Waals surface area contributed by atoms with Crippen LogP contribution in [0.15, 0.2) is 51.6 Å². The van der Waals surface area contributed by atoms with E-state index < -0.39 is 0 Å². The van der Waals surface area contributed by atoms with Crippen molar-refractivity contribution in [2.75, 3.05) is 44.7 Å². The molecule has 5 rings (SSSR count). The number of piperazine rings is 1. The van der Waals surface area contributed by atoms with E-state index in [1.54, 1.807) is 6.20 Å². The van der Waals surface area contributed by atoms with Gasteiger partial charge in [0.15, 0.2) is 5.84 Å². The predicted octanol–water partition coefficient (Wildman–Crippen LogP) is 2.42. The maximum atomic E-state index is 12.4. The first-order valence-corrected chi connectivity index (χ1v) is 11.7. The molecule has 178 valence electrons. The van der Waals surface area contributed by atoms with Gasteiger partial charge in [-0.15, -0.1) is 0 Å². The van der Waals surface area contributed by atoms with Crippen LogP contribution in [0, 0.1) is 0 Å². The van der Waals surface area contributed by atoms with E-state index in [1.165, 1.54) is 6.34 Å². The molecular weight excluding hydrogens is 452 g/mol. The zero-order valence-electron chi connectivity index (χ0n) is 19.1. The Kier molecular flexibility index (Phi) is 8.35. The standard InChI is InChI=1S/C24H29ClN8O/c1-26-17-29-24-19-4-6-27-21(13-19)3-2-5-28-23(34)16-33-9-7-32(8-10-33)15-18-11-20(25)14-22(12-18)30-31-24/h4,6,11-14,17,30H,1-3,5,7-10,15-16H2,(H,28,34)/b29-17?,31-24-. The third-order valence-corrected chi connectivity index (χ3v) is 5.97. The van der Waals surface area contributed by atoms with Crippen molar-refractivity contribution >= 4 is 42.1 Å². The van der Waals surface area contributed by atoms with Crippen LogP contribution in [0.1, 0.15) is 23.2 Å². The van der Waals surface area contributed by atoms with Crippen LogP contribution in [0.3, 0.4) is 0 Å². The van der Waals surface area contributed by atoms with Crippen molar-refractivity contribution in [2.24, 2.45) is 15.1 Å². The molecule has 3 aliphatic rings. The Bertz CT molecular complexity index is 1080. The average molecular weight is 481 g/mol. The van der Waals surface area contributed by atoms with E-state index in [9.17, 15) is 4.79 Å². The molecule has 1 aromatic heterocycles. The molecule has 0 saturated carbocycles. The van der Waals surface area contributed by atoms with E-state index in [0.717, 1.165) is 68.1 Å². The number of nitrogens with one attached hydrogen (secondary N) is 2. The quantitative estimate of drug-likeness (QED) is 0.482. The smallest absolute Gasteiger partial charge is 0.234 e. The number of hydrogen-bond acceptors (Lipinski definition) is 7. The van der Waals surface area contributed by atoms with Crippen molar-refractivity contribution in [3.05, 3.63) is 58.4 Å². The highest BCUT2D eigenvalue weighted by molar-refractivity contribution is 6.30. The molecule has 9 nitrogen and oxygen atoms in total. The van der Waals surface area contributed by atoms with E-state index >= 15 is 0 Å². The van der Waals surface area contributed by atoms with Gasteiger partial charge in [-0.2, -0.15) is 5.10 Å². The summed E-state index contributed by atoms with van der Waals surface area (Å²) in [7, 11) is 0. The van der Waals surface area contributed by atoms with Crippen molar-refractivity contribution in [1.82, 2.24) is 20.1 Å². The summed E-state index contributed by atoms with van der Waals surface area (Å²) in [5.74, 6) is 0.521. The van der Waals surface area contributed by atoms with Gasteiger partial charge in [0.2, 0.25) is 5.91 Å². The lowest BCUT2D eigenvalue weighted by molar-refractivity contribution is -0.122. The van der Waals surface area contributed by atoms with Gasteiger partial charge in [0.1, 0.15) is 6.34 Å². The highest BCUT2D eigenvalue weighted by Crippen LogP contribution is 2.21. The summed E-state index contributed by atoms with van der Waals surface area (Å²) in [4.78, 5) is 29.5. The number of nitrogens with zero attached hydrogens (tertiary/aromatic N) is 6. The summed E-state index contributed by atoms with van der Waals surface area (Å²) in [6.45, 7) is 8.80. The number of amides is 1. The van der Waals surface area contributed by atoms with E-state index in [-0.39, 0.29) is 5.91 Å². The molecule has 10 heteroatoms. The first-order chi connectivity index (χ1) is 16.6. The molecule has 0 aliphatic carbocycles. The number of carbonyl (C=O) groups is 1. The number of hydrazone groups is 1. The van der Waals surface area contributed by atoms with Gasteiger partial charge in [0, 0.05) is 61.7 Å². The van der Waals surface area contributed by atoms with Gasteiger partial charge in [-0.25, -0.2) is 4.99 Å². The van der Waals surface area contributed by atoms with Crippen molar-refractivity contribution < 1.29 is 4.79 Å². The lowest BCUT2D eigenvalue weighted by atomic mass is 10.1. The predicted molar refractivity (Wildman–Crippen MR) is 137 cm³/mol. The molecular formula is C24H29ClN8O. The lowest BCUT2D eigenvalue weighted by Gasteiger charge is -2.34. The third kappa shape index (κ3) is 6.93. The number of benzene rings is 1. The molecule has 1 fully saturated rings. The second kappa shape index (κ2) is 11.8. The molecule has 0 unspecified atom stereocenters. The minimum Gasteiger partial charge on any atom is -0.355 e. The molecule has 6 bridgehead atoms. The topological polar surface area (TPSA) is 97.6 Å². The Hall–Kier alpha value is -3.14. The number of rotatable bonds is 1. The molecule has 0 radical (unpaired) electrons. The molecule has 2 aromatic rings. The van der Waals surface area contributed by atoms with Gasteiger partial charge in [0.05, 0.1) is 12.2 Å². The average Bonchev–Trinajstić information content (AvgIpc) is 2.82. The van der Waals surface area contributed by atoms with Crippen molar-refractivity contribution in [3.8, 4) is 0 Å². The Morgan fingerprint density at radius 1 is 1.09 bits per heavy atom. The number of anilines is 1. The monoisotopic (exact) mass is 480 g/mol. The normalized spacial score (nSPS) is 23.4. The van der Waals surface area contributed by atoms with Gasteiger partial charge >= 0.3 is 0 Å². The largest absolute Gasteiger partial charge is 0.355 e. The maximum Gasteiger partial charge on any atom is 0.234 e. The first-order valence-electron chi connectivity index (χ1n) is 11.4. The number of aliphatic imine (C=N–C) groups is 2. The first kappa shape index (κ1) is 24.0. The number of aryl methyl sites for hydroxylation is 1. The maximum absolute atomic E-state index is 12.4. The molecule has 1 amide bonds. The summed E-state index contributed by atoms with van der Waals surface area (Å²) in [5.41, 5.74) is 6.67. The fraction of sp³-hybridized carbons (Fsp3) is 0.375. The van der Waals surface area contributed by atoms with Crippen LogP contribution in [0.25, 0.3) is 0 Å². The SMILES string of the molecule is C=NC=N/C1=N\Nc2cc(Cl)cc(c2)CN2CCN(CC2)CC(=O)NCCCc2cc1ccn2. The van der Waals surface area contributed by atoms with Crippen molar-refractivity contribution in [2.45, 2.75) is 19.4 Å². The Morgan fingerprint density at radius 3 is 2.68 bits per heavy atom. The van der Waals surface area contributed by atoms with E-state index in [4.69, 9.17) is 11.6 Å². The Balaban J connectivity index is 1.62. The highest BCUT2D eigenvalue weighted by Gasteiger charge is 2.19. The van der Waals surface area contributed by atoms with E-state index in [1.807, 2.05) is 30.3 Å². The van der Waals surface area contributed by atoms with Gasteiger partial charge in [-0.1, -0.05) is 11.6 Å². The molecule has 0 spiro atoms. The second-order valence-electron chi connectivity index (χ2n) is 8.36. The highest BCUT2D eigenvalue weighted by atomic mass is 35.5. The molecule has 0 atom stereocenters. The molecule has 2 N–H and O–H groups in total. The van der Waals surface area contributed by atoms with Gasteiger partial charge < -0.3 is 5.32 Å². The second-order valence-corrected chi connectivity index (χ2v) is 8.80. The molecule has 1 aromatic carbocycles. The summed E-state index contributed by atoms with van der Waals surface area (Å²) >= 11 is 6.41. The van der Waals surface area contributed by atoms with Crippen LogP contribution >= 0.6 is 11.6 Å². The fourth-order valence-corrected chi connectivity index (χ4v) is 4.32. The third-order valence-electron chi connectivity index (χ3n) is 5.76. The Labute approximate surface area is 204 Å². The summed E-state index contributed by atoms with van der Waals surface area (Å²) in [5, 5.41) is 8.18. The summed E-state index contributed by atoms with van der Waals surface area (Å²) in [6.07, 6.45) is 4.62. The van der Waals surface area contributed by atoms with Gasteiger partial charge in [-0.05, 0) is 55.5 Å². The van der Waals surface area contributed by atoms with E-state index in [0.29, 0.717) is 23.9 Å². The zero-order valence-corrected chi connectivity index (χ0v) is 19.8. The number of halogens is 1. The van der Waals surface area contributed by atoms with Crippen molar-refractivity contribution in [1.29, 1.82) is 0 Å². The zero-order chi connectivity index (χ0) is 23.8. The number of amidine groups is 1. The Morgan fingerprint density at radius 2 is 1.88 bits per heavy atom. The summed E-state index contributed by atoms with van der Waals surface area (Å²) < 4.78 is 0. The van der Waals surface area contributed by atoms with Crippen LogP contribution in [-0.2, 0) is 17.8 Å². The molecule has 34 heavy (non-hydrogen) atoms. The van der Waals surface area contributed by atoms with Crippen molar-refractivity contribution in [3.63, 3.8) is 0 Å². The molecule has 1 saturated heterocycles. The van der Waals surface area contributed by atoms with Crippen LogP contribution in [0.5, 0.6) is 0 Å². The summed E-state index contributed by atoms with van der Waals surface area (Å²) in [6, 6.07) is 9.64. The number of hydrogen-bond donors (Lipinski definition) is 2. The minimum atomic E-state index is 0.0656. The van der Waals surface area contributed by atoms with Crippen LogP contribution in [0.2, 0.25) is 5.02 Å². The number of pyridine rings is 1. The fourth-order valence-electron chi connectivity index (χ4n) is 4.06. The number of carbonyl (C=O) groups excluding carboxylic acids is 1. The van der Waals surface area contributed by atoms with Gasteiger partial charge in [0.25, 0.3) is 0 Å². The van der Waals surface area contributed by atoms with Crippen LogP contribution < -0.4 is 10.7 Å². The van der Waals surface area contributed by atoms with Crippen LogP contribution in [-0.4, -0.2) is 78.9 Å². The number of fused-ring (bicyclic) bond motifs is 8. The molecule has 3 aliphatic heterocycles.